The first-order valence-corrected chi connectivity index (χ1v) is 11.6. The molecule has 0 aliphatic rings. The van der Waals surface area contributed by atoms with Crippen LogP contribution in [0.15, 0.2) is 76.6 Å². The van der Waals surface area contributed by atoms with Crippen molar-refractivity contribution in [1.29, 1.82) is 0 Å². The van der Waals surface area contributed by atoms with E-state index in [2.05, 4.69) is 10.0 Å². The molecule has 0 unspecified atom stereocenters. The van der Waals surface area contributed by atoms with E-state index < -0.39 is 21.7 Å². The minimum Gasteiger partial charge on any atom is -0.383 e. The molecule has 0 fully saturated rings. The number of ether oxygens (including phenoxy) is 1. The van der Waals surface area contributed by atoms with Crippen molar-refractivity contribution in [3.8, 4) is 0 Å². The molecule has 1 heterocycles. The van der Waals surface area contributed by atoms with E-state index in [1.807, 2.05) is 0 Å². The Labute approximate surface area is 191 Å². The van der Waals surface area contributed by atoms with Crippen molar-refractivity contribution in [2.45, 2.75) is 24.5 Å². The summed E-state index contributed by atoms with van der Waals surface area (Å²) < 4.78 is 47.3. The fourth-order valence-corrected chi connectivity index (χ4v) is 4.13. The molecule has 3 aromatic rings. The van der Waals surface area contributed by atoms with Crippen LogP contribution in [0.1, 0.15) is 21.5 Å². The largest absolute Gasteiger partial charge is 0.383 e. The van der Waals surface area contributed by atoms with Crippen molar-refractivity contribution in [3.63, 3.8) is 0 Å². The maximum atomic E-state index is 13.3. The van der Waals surface area contributed by atoms with Crippen molar-refractivity contribution in [3.05, 3.63) is 99.7 Å². The van der Waals surface area contributed by atoms with Gasteiger partial charge in [0, 0.05) is 39.0 Å². The zero-order valence-corrected chi connectivity index (χ0v) is 18.8. The Kier molecular flexibility index (Phi) is 8.10. The van der Waals surface area contributed by atoms with Crippen LogP contribution < -0.4 is 15.6 Å². The molecule has 8 nitrogen and oxygen atoms in total. The fourth-order valence-electron chi connectivity index (χ4n) is 3.05. The van der Waals surface area contributed by atoms with Crippen LogP contribution >= 0.6 is 0 Å². The highest BCUT2D eigenvalue weighted by atomic mass is 32.2. The third kappa shape index (κ3) is 6.82. The number of nitrogens with zero attached hydrogens (tertiary/aromatic N) is 1. The van der Waals surface area contributed by atoms with E-state index in [0.717, 1.165) is 0 Å². The molecule has 0 radical (unpaired) electrons. The summed E-state index contributed by atoms with van der Waals surface area (Å²) in [6.45, 7) is 0.682. The smallest absolute Gasteiger partial charge is 0.253 e. The Morgan fingerprint density at radius 3 is 2.48 bits per heavy atom. The van der Waals surface area contributed by atoms with Gasteiger partial charge in [-0.2, -0.15) is 0 Å². The van der Waals surface area contributed by atoms with Crippen LogP contribution in [0.4, 0.5) is 4.39 Å². The third-order valence-corrected chi connectivity index (χ3v) is 6.20. The first kappa shape index (κ1) is 24.3. The molecule has 0 saturated heterocycles. The molecule has 0 bridgehead atoms. The molecule has 33 heavy (non-hydrogen) atoms. The lowest BCUT2D eigenvalue weighted by Gasteiger charge is -2.11. The van der Waals surface area contributed by atoms with E-state index in [1.165, 1.54) is 60.3 Å². The predicted octanol–water partition coefficient (Wildman–Crippen LogP) is 2.04. The van der Waals surface area contributed by atoms with Crippen molar-refractivity contribution in [2.75, 3.05) is 13.7 Å². The minimum absolute atomic E-state index is 0.0266. The van der Waals surface area contributed by atoms with Crippen LogP contribution in [0.3, 0.4) is 0 Å². The molecule has 0 atom stereocenters. The number of amides is 1. The van der Waals surface area contributed by atoms with Gasteiger partial charge in [0.1, 0.15) is 5.82 Å². The zero-order valence-electron chi connectivity index (χ0n) is 18.0. The van der Waals surface area contributed by atoms with Gasteiger partial charge in [-0.1, -0.05) is 24.3 Å². The Hall–Kier alpha value is -3.34. The van der Waals surface area contributed by atoms with Crippen molar-refractivity contribution in [2.24, 2.45) is 0 Å². The highest BCUT2D eigenvalue weighted by Gasteiger charge is 2.15. The lowest BCUT2D eigenvalue weighted by Crippen LogP contribution is -2.27. The quantitative estimate of drug-likeness (QED) is 0.469. The fraction of sp³-hybridized carbons (Fsp3) is 0.217. The number of hydrogen-bond acceptors (Lipinski definition) is 5. The number of benzene rings is 2. The van der Waals surface area contributed by atoms with Gasteiger partial charge in [0.25, 0.3) is 11.5 Å². The number of methoxy groups -OCH3 is 1. The second kappa shape index (κ2) is 11.0. The van der Waals surface area contributed by atoms with Crippen LogP contribution in [-0.2, 0) is 34.4 Å². The SMILES string of the molecule is COCCn1cc(C(=O)NCc2cccc(S(=O)(=O)NCc3cccc(F)c3)c2)ccc1=O. The summed E-state index contributed by atoms with van der Waals surface area (Å²) in [5, 5.41) is 2.72. The number of carbonyl (C=O) groups is 1. The third-order valence-electron chi connectivity index (χ3n) is 4.80. The summed E-state index contributed by atoms with van der Waals surface area (Å²) in [6.07, 6.45) is 1.45. The van der Waals surface area contributed by atoms with E-state index in [9.17, 15) is 22.4 Å². The van der Waals surface area contributed by atoms with Crippen LogP contribution in [-0.4, -0.2) is 32.6 Å². The summed E-state index contributed by atoms with van der Waals surface area (Å²) in [5.41, 5.74) is 1.12. The van der Waals surface area contributed by atoms with Crippen LogP contribution in [0, 0.1) is 5.82 Å². The first-order chi connectivity index (χ1) is 15.8. The highest BCUT2D eigenvalue weighted by molar-refractivity contribution is 7.89. The molecule has 1 aromatic heterocycles. The van der Waals surface area contributed by atoms with E-state index >= 15 is 0 Å². The van der Waals surface area contributed by atoms with E-state index in [1.54, 1.807) is 18.2 Å². The average molecular weight is 474 g/mol. The molecule has 3 rings (SSSR count). The summed E-state index contributed by atoms with van der Waals surface area (Å²) in [4.78, 5) is 24.4. The van der Waals surface area contributed by atoms with Gasteiger partial charge in [-0.25, -0.2) is 17.5 Å². The van der Waals surface area contributed by atoms with Crippen molar-refractivity contribution in [1.82, 2.24) is 14.6 Å². The molecule has 0 saturated carbocycles. The summed E-state index contributed by atoms with van der Waals surface area (Å²) >= 11 is 0. The number of carbonyl (C=O) groups excluding carboxylic acids is 1. The van der Waals surface area contributed by atoms with Gasteiger partial charge in [-0.3, -0.25) is 9.59 Å². The molecule has 2 aromatic carbocycles. The second-order valence-corrected chi connectivity index (χ2v) is 8.99. The Bertz CT molecular complexity index is 1290. The van der Waals surface area contributed by atoms with Crippen LogP contribution in [0.25, 0.3) is 0 Å². The highest BCUT2D eigenvalue weighted by Crippen LogP contribution is 2.13. The van der Waals surface area contributed by atoms with Gasteiger partial charge in [0.2, 0.25) is 10.0 Å². The van der Waals surface area contributed by atoms with Gasteiger partial charge < -0.3 is 14.6 Å². The van der Waals surface area contributed by atoms with E-state index in [0.29, 0.717) is 29.8 Å². The topological polar surface area (TPSA) is 106 Å². The number of hydrogen-bond donors (Lipinski definition) is 2. The average Bonchev–Trinajstić information content (AvgIpc) is 2.81. The van der Waals surface area contributed by atoms with E-state index in [4.69, 9.17) is 4.74 Å². The molecular weight excluding hydrogens is 449 g/mol. The van der Waals surface area contributed by atoms with E-state index in [-0.39, 0.29) is 23.5 Å². The molecule has 1 amide bonds. The lowest BCUT2D eigenvalue weighted by molar-refractivity contribution is 0.0949. The standard InChI is InChI=1S/C23H24FN3O5S/c1-32-11-10-27-16-19(8-9-22(27)28)23(29)25-14-18-5-3-7-21(13-18)33(30,31)26-15-17-4-2-6-20(24)12-17/h2-9,12-13,16,26H,10-11,14-15H2,1H3,(H,25,29). The van der Waals surface area contributed by atoms with Gasteiger partial charge in [0.05, 0.1) is 17.1 Å². The summed E-state index contributed by atoms with van der Waals surface area (Å²) in [6, 6.07) is 14.5. The van der Waals surface area contributed by atoms with Crippen LogP contribution in [0.2, 0.25) is 0 Å². The Morgan fingerprint density at radius 2 is 1.76 bits per heavy atom. The minimum atomic E-state index is -3.84. The summed E-state index contributed by atoms with van der Waals surface area (Å²) in [5.74, 6) is -0.850. The summed E-state index contributed by atoms with van der Waals surface area (Å²) in [7, 11) is -2.32. The zero-order chi connectivity index (χ0) is 23.8. The normalized spacial score (nSPS) is 11.3. The number of rotatable bonds is 10. The lowest BCUT2D eigenvalue weighted by atomic mass is 10.2. The number of pyridine rings is 1. The molecular formula is C23H24FN3O5S. The van der Waals surface area contributed by atoms with Crippen molar-refractivity contribution < 1.29 is 22.3 Å². The van der Waals surface area contributed by atoms with Gasteiger partial charge in [-0.15, -0.1) is 0 Å². The molecule has 0 aliphatic carbocycles. The monoisotopic (exact) mass is 473 g/mol. The molecule has 2 N–H and O–H groups in total. The maximum Gasteiger partial charge on any atom is 0.253 e. The maximum absolute atomic E-state index is 13.3. The molecule has 0 aliphatic heterocycles. The number of nitrogens with one attached hydrogen (secondary N) is 2. The molecule has 174 valence electrons. The number of aromatic nitrogens is 1. The predicted molar refractivity (Wildman–Crippen MR) is 121 cm³/mol. The van der Waals surface area contributed by atoms with Gasteiger partial charge in [-0.05, 0) is 41.5 Å². The first-order valence-electron chi connectivity index (χ1n) is 10.1. The number of sulfonamides is 1. The van der Waals surface area contributed by atoms with Gasteiger partial charge >= 0.3 is 0 Å². The molecule has 10 heteroatoms. The van der Waals surface area contributed by atoms with Crippen LogP contribution in [0.5, 0.6) is 0 Å². The molecule has 0 spiro atoms. The number of halogens is 1. The second-order valence-electron chi connectivity index (χ2n) is 7.23. The van der Waals surface area contributed by atoms with Gasteiger partial charge in [0.15, 0.2) is 0 Å². The Morgan fingerprint density at radius 1 is 1.03 bits per heavy atom. The Balaban J connectivity index is 1.65. The van der Waals surface area contributed by atoms with Crippen molar-refractivity contribution >= 4 is 15.9 Å².